The van der Waals surface area contributed by atoms with Crippen LogP contribution in [0.5, 0.6) is 5.75 Å². The van der Waals surface area contributed by atoms with Crippen LogP contribution in [-0.2, 0) is 21.9 Å². The molecule has 1 saturated carbocycles. The quantitative estimate of drug-likeness (QED) is 0.423. The number of fused-ring (bicyclic) bond motifs is 4. The van der Waals surface area contributed by atoms with Crippen LogP contribution in [0.15, 0.2) is 48.6 Å². The summed E-state index contributed by atoms with van der Waals surface area (Å²) in [4.78, 5) is 15.4. The van der Waals surface area contributed by atoms with Crippen molar-refractivity contribution >= 4 is 33.2 Å². The second-order valence-electron chi connectivity index (χ2n) is 12.3. The monoisotopic (exact) mass is 584 g/mol. The lowest BCUT2D eigenvalue weighted by atomic mass is 9.57. The Morgan fingerprint density at radius 2 is 2.00 bits per heavy atom. The van der Waals surface area contributed by atoms with E-state index in [0.29, 0.717) is 31.9 Å². The minimum absolute atomic E-state index is 0.197. The Balaban J connectivity index is 1.43. The second kappa shape index (κ2) is 10.4. The number of carbonyl (C=O) groups is 1. The summed E-state index contributed by atoms with van der Waals surface area (Å²) in [6.07, 6.45) is 8.80. The minimum Gasteiger partial charge on any atom is -0.490 e. The molecule has 0 unspecified atom stereocenters. The summed E-state index contributed by atoms with van der Waals surface area (Å²) in [5.41, 5.74) is 3.07. The molecule has 2 aliphatic carbocycles. The van der Waals surface area contributed by atoms with Crippen molar-refractivity contribution in [2.75, 3.05) is 30.3 Å². The molecule has 1 spiro atoms. The number of nitrogens with one attached hydrogen (secondary N) is 1. The number of halogens is 1. The van der Waals surface area contributed by atoms with E-state index in [1.807, 2.05) is 12.1 Å². The van der Waals surface area contributed by atoms with Crippen LogP contribution in [0.25, 0.3) is 0 Å². The number of carbonyl (C=O) groups excluding carboxylic acids is 1. The molecule has 0 aromatic heterocycles. The molecule has 2 aromatic rings. The third kappa shape index (κ3) is 5.03. The number of aryl methyl sites for hydroxylation is 1. The van der Waals surface area contributed by atoms with Gasteiger partial charge in [0.15, 0.2) is 0 Å². The summed E-state index contributed by atoms with van der Waals surface area (Å²) < 4.78 is 34.0. The van der Waals surface area contributed by atoms with Crippen LogP contribution in [-0.4, -0.2) is 51.0 Å². The summed E-state index contributed by atoms with van der Waals surface area (Å²) >= 11 is 6.38. The van der Waals surface area contributed by atoms with Gasteiger partial charge in [-0.15, -0.1) is 0 Å². The van der Waals surface area contributed by atoms with Gasteiger partial charge in [0, 0.05) is 29.1 Å². The number of hydrogen-bond donors (Lipinski definition) is 2. The third-order valence-electron chi connectivity index (χ3n) is 9.79. The Morgan fingerprint density at radius 3 is 2.80 bits per heavy atom. The summed E-state index contributed by atoms with van der Waals surface area (Å²) in [6.45, 7) is 4.07. The van der Waals surface area contributed by atoms with Gasteiger partial charge in [0.2, 0.25) is 10.0 Å². The van der Waals surface area contributed by atoms with E-state index in [9.17, 15) is 18.3 Å². The zero-order valence-corrected chi connectivity index (χ0v) is 24.4. The Morgan fingerprint density at radius 1 is 1.15 bits per heavy atom. The lowest BCUT2D eigenvalue weighted by Gasteiger charge is -2.52. The number of amides is 1. The summed E-state index contributed by atoms with van der Waals surface area (Å²) in [6, 6.07) is 11.3. The van der Waals surface area contributed by atoms with E-state index in [1.54, 1.807) is 24.3 Å². The first-order valence-electron chi connectivity index (χ1n) is 14.3. The third-order valence-corrected chi connectivity index (χ3v) is 11.3. The van der Waals surface area contributed by atoms with Crippen molar-refractivity contribution in [2.24, 2.45) is 11.3 Å². The highest BCUT2D eigenvalue weighted by Gasteiger charge is 2.49. The summed E-state index contributed by atoms with van der Waals surface area (Å²) in [5, 5.41) is 12.0. The average Bonchev–Trinajstić information content (AvgIpc) is 3.06. The maximum atomic E-state index is 13.1. The van der Waals surface area contributed by atoms with Gasteiger partial charge < -0.3 is 14.7 Å². The molecule has 2 heterocycles. The average molecular weight is 585 g/mol. The standard InChI is InChI=1S/C31H37ClN2O5S/c1-30-14-12-23(30)18-34-19-31(13-5-6-21-16-24(32)9-10-25(21)31)20-39-27-11-8-22(17-26(27)34)29(36)33-40(37,38)15-4-2-3-7-28(30)35/h2-3,8-11,16-17,23,28,35H,4-7,12-15,18-20H2,1H3,(H,33,36)/b3-2+/t23-,28-,30+,31+/m1/s1. The number of benzene rings is 2. The minimum atomic E-state index is -3.81. The van der Waals surface area contributed by atoms with Crippen molar-refractivity contribution in [3.63, 3.8) is 0 Å². The SMILES string of the molecule is C[C@]12CC[C@@H]1CN1C[C@@]3(CCCc4cc(Cl)ccc43)COc3ccc(cc31)C(=O)NS(=O)(=O)CC/C=C/C[C@H]2O. The van der Waals surface area contributed by atoms with Crippen LogP contribution in [0.3, 0.4) is 0 Å². The Bertz CT molecular complexity index is 1460. The molecule has 7 nitrogen and oxygen atoms in total. The van der Waals surface area contributed by atoms with Crippen molar-refractivity contribution < 1.29 is 23.1 Å². The normalized spacial score (nSPS) is 32.5. The van der Waals surface area contributed by atoms with Gasteiger partial charge in [-0.2, -0.15) is 0 Å². The van der Waals surface area contributed by atoms with Gasteiger partial charge in [0.05, 0.1) is 24.2 Å². The fraction of sp³-hybridized carbons (Fsp3) is 0.516. The van der Waals surface area contributed by atoms with Crippen molar-refractivity contribution in [2.45, 2.75) is 63.4 Å². The van der Waals surface area contributed by atoms with Crippen LogP contribution >= 0.6 is 11.6 Å². The number of aliphatic hydroxyl groups is 1. The van der Waals surface area contributed by atoms with Crippen molar-refractivity contribution in [3.8, 4) is 5.75 Å². The molecule has 6 rings (SSSR count). The highest BCUT2D eigenvalue weighted by molar-refractivity contribution is 7.90. The molecule has 4 atom stereocenters. The molecule has 4 aliphatic rings. The fourth-order valence-electron chi connectivity index (χ4n) is 7.15. The number of allylic oxidation sites excluding steroid dienone is 1. The first-order chi connectivity index (χ1) is 19.1. The van der Waals surface area contributed by atoms with E-state index in [2.05, 4.69) is 28.7 Å². The molecular weight excluding hydrogens is 548 g/mol. The van der Waals surface area contributed by atoms with Crippen molar-refractivity contribution in [1.82, 2.24) is 4.72 Å². The summed E-state index contributed by atoms with van der Waals surface area (Å²) in [7, 11) is -3.81. The molecule has 1 fully saturated rings. The van der Waals surface area contributed by atoms with Gasteiger partial charge >= 0.3 is 0 Å². The smallest absolute Gasteiger partial charge is 0.264 e. The van der Waals surface area contributed by atoms with Gasteiger partial charge in [-0.05, 0) is 97.7 Å². The molecule has 2 bridgehead atoms. The molecule has 40 heavy (non-hydrogen) atoms. The molecule has 2 aliphatic heterocycles. The zero-order chi connectivity index (χ0) is 28.1. The molecule has 2 N–H and O–H groups in total. The van der Waals surface area contributed by atoms with Crippen LogP contribution in [0, 0.1) is 11.3 Å². The molecule has 0 radical (unpaired) electrons. The Hall–Kier alpha value is -2.55. The van der Waals surface area contributed by atoms with Gasteiger partial charge in [0.1, 0.15) is 5.75 Å². The maximum absolute atomic E-state index is 13.1. The second-order valence-corrected chi connectivity index (χ2v) is 14.6. The Kier molecular flexibility index (Phi) is 7.16. The molecule has 2 aromatic carbocycles. The number of rotatable bonds is 0. The molecule has 0 saturated heterocycles. The topological polar surface area (TPSA) is 95.9 Å². The van der Waals surface area contributed by atoms with Crippen LogP contribution in [0.2, 0.25) is 5.02 Å². The summed E-state index contributed by atoms with van der Waals surface area (Å²) in [5.74, 6) is 0.109. The number of aliphatic hydroxyl groups excluding tert-OH is 1. The lowest BCUT2D eigenvalue weighted by molar-refractivity contribution is -0.0695. The largest absolute Gasteiger partial charge is 0.490 e. The number of nitrogens with zero attached hydrogens (tertiary/aromatic N) is 1. The van der Waals surface area contributed by atoms with Gasteiger partial charge in [-0.25, -0.2) is 13.1 Å². The van der Waals surface area contributed by atoms with Crippen LogP contribution < -0.4 is 14.4 Å². The number of sulfonamides is 1. The van der Waals surface area contributed by atoms with E-state index in [4.69, 9.17) is 16.3 Å². The van der Waals surface area contributed by atoms with E-state index in [1.165, 1.54) is 11.1 Å². The molecule has 214 valence electrons. The van der Waals surface area contributed by atoms with Gasteiger partial charge in [-0.3, -0.25) is 4.79 Å². The number of hydrogen-bond acceptors (Lipinski definition) is 6. The van der Waals surface area contributed by atoms with E-state index in [-0.39, 0.29) is 34.5 Å². The van der Waals surface area contributed by atoms with Crippen LogP contribution in [0.1, 0.15) is 66.9 Å². The Labute approximate surface area is 241 Å². The van der Waals surface area contributed by atoms with E-state index < -0.39 is 22.0 Å². The van der Waals surface area contributed by atoms with Crippen molar-refractivity contribution in [1.29, 1.82) is 0 Å². The fourth-order valence-corrected chi connectivity index (χ4v) is 8.29. The zero-order valence-electron chi connectivity index (χ0n) is 22.9. The number of anilines is 1. The van der Waals surface area contributed by atoms with Gasteiger partial charge in [0.25, 0.3) is 5.91 Å². The van der Waals surface area contributed by atoms with E-state index in [0.717, 1.165) is 42.8 Å². The highest BCUT2D eigenvalue weighted by atomic mass is 35.5. The number of ether oxygens (including phenoxy) is 1. The maximum Gasteiger partial charge on any atom is 0.264 e. The lowest BCUT2D eigenvalue weighted by Crippen LogP contribution is -2.53. The molecule has 1 amide bonds. The van der Waals surface area contributed by atoms with Crippen molar-refractivity contribution in [3.05, 3.63) is 70.3 Å². The first kappa shape index (κ1) is 27.6. The van der Waals surface area contributed by atoms with E-state index >= 15 is 0 Å². The molecule has 9 heteroatoms. The van der Waals surface area contributed by atoms with Gasteiger partial charge in [-0.1, -0.05) is 36.7 Å². The highest BCUT2D eigenvalue weighted by Crippen LogP contribution is 2.52. The van der Waals surface area contributed by atoms with Crippen LogP contribution in [0.4, 0.5) is 5.69 Å². The predicted molar refractivity (Wildman–Crippen MR) is 157 cm³/mol. The molecular formula is C31H37ClN2O5S. The predicted octanol–water partition coefficient (Wildman–Crippen LogP) is 5.00. The first-order valence-corrected chi connectivity index (χ1v) is 16.3.